The highest BCUT2D eigenvalue weighted by atomic mass is 32.2. The Kier molecular flexibility index (Phi) is 15.8. The van der Waals surface area contributed by atoms with E-state index in [1.165, 1.54) is 11.8 Å². The lowest BCUT2D eigenvalue weighted by molar-refractivity contribution is -0.199. The number of hydrogen-bond acceptors (Lipinski definition) is 9. The van der Waals surface area contributed by atoms with Gasteiger partial charge >= 0.3 is 0 Å². The molecule has 9 heteroatoms. The molecule has 334 valence electrons. The van der Waals surface area contributed by atoms with E-state index < -0.39 is 34.6 Å². The number of aryl methyl sites for hydroxylation is 1. The van der Waals surface area contributed by atoms with Crippen molar-refractivity contribution in [3.63, 3.8) is 0 Å². The molecule has 6 atom stereocenters. The molecule has 1 aliphatic rings. The summed E-state index contributed by atoms with van der Waals surface area (Å²) in [5, 5.41) is 25.7. The summed E-state index contributed by atoms with van der Waals surface area (Å²) >= 11 is 1.32. The van der Waals surface area contributed by atoms with Crippen LogP contribution < -0.4 is 9.47 Å². The van der Waals surface area contributed by atoms with Crippen LogP contribution in [-0.2, 0) is 56.9 Å². The van der Waals surface area contributed by atoms with E-state index in [1.807, 2.05) is 195 Å². The zero-order valence-corrected chi connectivity index (χ0v) is 37.6. The van der Waals surface area contributed by atoms with Crippen molar-refractivity contribution >= 4 is 11.8 Å². The first-order valence-corrected chi connectivity index (χ1v) is 22.9. The van der Waals surface area contributed by atoms with Gasteiger partial charge < -0.3 is 38.6 Å². The lowest BCUT2D eigenvalue weighted by Crippen LogP contribution is -2.61. The normalized spacial score (nSPS) is 19.9. The summed E-state index contributed by atoms with van der Waals surface area (Å²) in [6.07, 6.45) is -3.53. The Morgan fingerprint density at radius 2 is 1.02 bits per heavy atom. The molecule has 1 saturated heterocycles. The van der Waals surface area contributed by atoms with Gasteiger partial charge in [0.25, 0.3) is 0 Å². The molecule has 0 spiro atoms. The van der Waals surface area contributed by atoms with Gasteiger partial charge in [0.05, 0.1) is 45.4 Å². The average Bonchev–Trinajstić information content (AvgIpc) is 3.36. The number of thioether (sulfide) groups is 1. The first-order chi connectivity index (χ1) is 31.9. The van der Waals surface area contributed by atoms with Crippen LogP contribution in [0.1, 0.15) is 56.2 Å². The van der Waals surface area contributed by atoms with E-state index in [4.69, 9.17) is 28.4 Å². The summed E-state index contributed by atoms with van der Waals surface area (Å²) in [6.45, 7) is 3.46. The largest absolute Gasteiger partial charge is 0.497 e. The van der Waals surface area contributed by atoms with E-state index in [0.29, 0.717) is 41.4 Å². The Balaban J connectivity index is 1.27. The zero-order chi connectivity index (χ0) is 44.9. The fourth-order valence-corrected chi connectivity index (χ4v) is 9.78. The zero-order valence-electron chi connectivity index (χ0n) is 36.8. The smallest absolute Gasteiger partial charge is 0.168 e. The molecule has 0 radical (unpaired) electrons. The molecule has 1 aliphatic heterocycles. The number of benzene rings is 7. The third-order valence-electron chi connectivity index (χ3n) is 11.7. The molecule has 8 nitrogen and oxygen atoms in total. The third kappa shape index (κ3) is 11.7. The maximum Gasteiger partial charge on any atom is 0.168 e. The van der Waals surface area contributed by atoms with Crippen molar-refractivity contribution in [1.29, 1.82) is 0 Å². The van der Waals surface area contributed by atoms with E-state index in [1.54, 1.807) is 7.11 Å². The first kappa shape index (κ1) is 45.8. The topological polar surface area (TPSA) is 95.8 Å². The van der Waals surface area contributed by atoms with E-state index in [0.717, 1.165) is 33.4 Å². The van der Waals surface area contributed by atoms with Crippen molar-refractivity contribution in [2.45, 2.75) is 74.6 Å². The van der Waals surface area contributed by atoms with E-state index >= 15 is 0 Å². The van der Waals surface area contributed by atoms with Crippen LogP contribution in [0, 0.1) is 6.92 Å². The van der Waals surface area contributed by atoms with Crippen LogP contribution in [0.3, 0.4) is 0 Å². The molecule has 1 fully saturated rings. The van der Waals surface area contributed by atoms with E-state index in [9.17, 15) is 10.2 Å². The van der Waals surface area contributed by atoms with E-state index in [-0.39, 0.29) is 26.4 Å². The lowest BCUT2D eigenvalue weighted by atomic mass is 9.88. The number of hydrogen-bond donors (Lipinski definition) is 2. The van der Waals surface area contributed by atoms with Crippen LogP contribution in [0.4, 0.5) is 0 Å². The molecule has 7 aromatic carbocycles. The summed E-state index contributed by atoms with van der Waals surface area (Å²) in [5.41, 5.74) is 7.37. The maximum atomic E-state index is 14.0. The molecular formula is C56H56O8S. The average molecular weight is 889 g/mol. The fourth-order valence-electron chi connectivity index (χ4n) is 8.16. The van der Waals surface area contributed by atoms with Gasteiger partial charge in [0, 0.05) is 5.56 Å². The van der Waals surface area contributed by atoms with Crippen LogP contribution in [0.5, 0.6) is 11.5 Å². The van der Waals surface area contributed by atoms with Gasteiger partial charge in [-0.2, -0.15) is 0 Å². The quantitative estimate of drug-likeness (QED) is 0.0776. The van der Waals surface area contributed by atoms with Crippen LogP contribution >= 0.6 is 11.8 Å². The maximum absolute atomic E-state index is 14.0. The highest BCUT2D eigenvalue weighted by Crippen LogP contribution is 2.53. The van der Waals surface area contributed by atoms with Crippen LogP contribution in [-0.4, -0.2) is 47.5 Å². The molecule has 0 aromatic heterocycles. The fraction of sp³-hybridized carbons (Fsp3) is 0.250. The molecule has 1 heterocycles. The Morgan fingerprint density at radius 1 is 0.554 bits per heavy atom. The minimum Gasteiger partial charge on any atom is -0.497 e. The van der Waals surface area contributed by atoms with Crippen molar-refractivity contribution in [2.75, 3.05) is 13.7 Å². The molecule has 0 amide bonds. The second-order valence-electron chi connectivity index (χ2n) is 16.2. The number of methoxy groups -OCH3 is 1. The van der Waals surface area contributed by atoms with Gasteiger partial charge in [-0.25, -0.2) is 0 Å². The number of rotatable bonds is 20. The van der Waals surface area contributed by atoms with Crippen molar-refractivity contribution in [1.82, 2.24) is 0 Å². The van der Waals surface area contributed by atoms with Gasteiger partial charge in [-0.3, -0.25) is 0 Å². The van der Waals surface area contributed by atoms with Crippen molar-refractivity contribution < 1.29 is 38.6 Å². The van der Waals surface area contributed by atoms with Gasteiger partial charge in [0.1, 0.15) is 42.5 Å². The molecule has 0 saturated carbocycles. The number of aliphatic hydroxyl groups excluding tert-OH is 1. The predicted octanol–water partition coefficient (Wildman–Crippen LogP) is 10.9. The van der Waals surface area contributed by atoms with Crippen LogP contribution in [0.25, 0.3) is 0 Å². The van der Waals surface area contributed by atoms with Crippen molar-refractivity contribution in [3.05, 3.63) is 238 Å². The molecule has 2 N–H and O–H groups in total. The molecule has 0 bridgehead atoms. The van der Waals surface area contributed by atoms with Gasteiger partial charge in [0.2, 0.25) is 0 Å². The monoisotopic (exact) mass is 888 g/mol. The second-order valence-corrected chi connectivity index (χ2v) is 17.7. The summed E-state index contributed by atoms with van der Waals surface area (Å²) in [6, 6.07) is 61.0. The minimum atomic E-state index is -1.85. The second kappa shape index (κ2) is 22.4. The van der Waals surface area contributed by atoms with Crippen molar-refractivity contribution in [3.8, 4) is 11.5 Å². The van der Waals surface area contributed by atoms with Crippen LogP contribution in [0.2, 0.25) is 0 Å². The minimum absolute atomic E-state index is 0.174. The van der Waals surface area contributed by atoms with Gasteiger partial charge in [-0.15, -0.1) is 11.8 Å². The highest BCUT2D eigenvalue weighted by molar-refractivity contribution is 8.00. The highest BCUT2D eigenvalue weighted by Gasteiger charge is 2.58. The number of ether oxygens (including phenoxy) is 6. The SMILES string of the molecule is COc1ccc(C(O)c2cc([C@]3(O)S[C@@H](COCc4ccccc4)[C@@H](OCc4ccccc4)[C@H](OCc4ccccc4)[C@H]3OCc3ccccc3)c(OCc3ccccc3)cc2C)cc1. The molecule has 8 rings (SSSR count). The standard InChI is InChI=1S/C56H56O8S/c1-40-32-50(61-35-42-20-10-4-11-21-42)49(33-48(40)52(57)46-28-30-47(59-2)31-29-46)56(58)55(64-38-45-26-16-7-17-27-45)54(63-37-44-24-14-6-15-25-44)53(62-36-43-22-12-5-13-23-43)51(65-56)39-60-34-41-18-8-3-9-19-41/h3-33,51-55,57-58H,34-39H2,1-2H3/t51-,52?,53+,54-,55+,56-/m0/s1. The predicted molar refractivity (Wildman–Crippen MR) is 255 cm³/mol. The molecule has 65 heavy (non-hydrogen) atoms. The summed E-state index contributed by atoms with van der Waals surface area (Å²) in [7, 11) is 1.61. The van der Waals surface area contributed by atoms with Gasteiger partial charge in [-0.05, 0) is 75.7 Å². The third-order valence-corrected chi connectivity index (χ3v) is 13.2. The van der Waals surface area contributed by atoms with Crippen molar-refractivity contribution in [2.24, 2.45) is 0 Å². The first-order valence-electron chi connectivity index (χ1n) is 22.0. The molecule has 0 aliphatic carbocycles. The molecule has 7 aromatic rings. The summed E-state index contributed by atoms with van der Waals surface area (Å²) in [4.78, 5) is -1.85. The van der Waals surface area contributed by atoms with Crippen LogP contribution in [0.15, 0.2) is 188 Å². The Labute approximate surface area is 386 Å². The Morgan fingerprint density at radius 3 is 1.52 bits per heavy atom. The molecule has 1 unspecified atom stereocenters. The Hall–Kier alpha value is -5.75. The Bertz CT molecular complexity index is 2490. The number of aliphatic hydroxyl groups is 2. The van der Waals surface area contributed by atoms with E-state index in [2.05, 4.69) is 0 Å². The summed E-state index contributed by atoms with van der Waals surface area (Å²) in [5.74, 6) is 1.13. The van der Waals surface area contributed by atoms with Gasteiger partial charge in [0.15, 0.2) is 4.93 Å². The van der Waals surface area contributed by atoms with Gasteiger partial charge in [-0.1, -0.05) is 164 Å². The summed E-state index contributed by atoms with van der Waals surface area (Å²) < 4.78 is 39.8. The molecular weight excluding hydrogens is 833 g/mol. The lowest BCUT2D eigenvalue weighted by Gasteiger charge is -2.50.